The Hall–Kier alpha value is -3.63. The van der Waals surface area contributed by atoms with Crippen LogP contribution in [-0.2, 0) is 11.2 Å². The molecule has 0 aliphatic carbocycles. The molecular formula is C24H27ClN6O4. The number of hydrogen-bond donors (Lipinski definition) is 4. The minimum atomic E-state index is -0.385. The highest BCUT2D eigenvalue weighted by atomic mass is 35.5. The zero-order valence-corrected chi connectivity index (χ0v) is 20.5. The Morgan fingerprint density at radius 2 is 2.00 bits per heavy atom. The number of nitrogens with zero attached hydrogens (tertiary/aromatic N) is 2. The van der Waals surface area contributed by atoms with Crippen molar-refractivity contribution in [2.45, 2.75) is 25.4 Å². The van der Waals surface area contributed by atoms with Gasteiger partial charge in [0.15, 0.2) is 0 Å². The number of aromatic amines is 1. The number of aromatic nitrogens is 3. The topological polar surface area (TPSA) is 130 Å². The van der Waals surface area contributed by atoms with Crippen LogP contribution in [0, 0.1) is 0 Å². The summed E-state index contributed by atoms with van der Waals surface area (Å²) in [6.07, 6.45) is 3.44. The number of hydrogen-bond acceptors (Lipinski definition) is 8. The first-order valence-electron chi connectivity index (χ1n) is 11.1. The highest BCUT2D eigenvalue weighted by Gasteiger charge is 2.28. The molecule has 1 saturated heterocycles. The number of pyridine rings is 1. The molecule has 0 bridgehead atoms. The number of carbonyl (C=O) groups is 1. The van der Waals surface area contributed by atoms with Gasteiger partial charge < -0.3 is 30.4 Å². The monoisotopic (exact) mass is 498 g/mol. The molecule has 0 spiro atoms. The first kappa shape index (κ1) is 24.5. The summed E-state index contributed by atoms with van der Waals surface area (Å²) in [5.41, 5.74) is 1.83. The second-order valence-electron chi connectivity index (χ2n) is 8.04. The Morgan fingerprint density at radius 3 is 2.69 bits per heavy atom. The van der Waals surface area contributed by atoms with Crippen LogP contribution in [0.15, 0.2) is 35.8 Å². The fourth-order valence-electron chi connectivity index (χ4n) is 4.26. The van der Waals surface area contributed by atoms with Crippen molar-refractivity contribution < 1.29 is 14.3 Å². The van der Waals surface area contributed by atoms with Crippen molar-refractivity contribution in [2.75, 3.05) is 32.6 Å². The summed E-state index contributed by atoms with van der Waals surface area (Å²) < 4.78 is 10.9. The number of anilines is 1. The molecule has 1 amide bonds. The fourth-order valence-corrected chi connectivity index (χ4v) is 4.60. The largest absolute Gasteiger partial charge is 0.496 e. The molecule has 1 aliphatic heterocycles. The van der Waals surface area contributed by atoms with E-state index < -0.39 is 0 Å². The number of halogens is 1. The van der Waals surface area contributed by atoms with Crippen LogP contribution in [0.5, 0.6) is 11.5 Å². The molecule has 3 heterocycles. The number of fused-ring (bicyclic) bond motifs is 1. The second kappa shape index (κ2) is 10.3. The lowest BCUT2D eigenvalue weighted by molar-refractivity contribution is -0.117. The van der Waals surface area contributed by atoms with Crippen molar-refractivity contribution in [1.29, 1.82) is 0 Å². The van der Waals surface area contributed by atoms with E-state index >= 15 is 0 Å². The second-order valence-corrected chi connectivity index (χ2v) is 8.42. The van der Waals surface area contributed by atoms with E-state index in [4.69, 9.17) is 21.1 Å². The Morgan fingerprint density at radius 1 is 1.26 bits per heavy atom. The number of amides is 1. The normalized spacial score (nSPS) is 17.3. The molecule has 0 radical (unpaired) electrons. The van der Waals surface area contributed by atoms with Gasteiger partial charge >= 0.3 is 0 Å². The van der Waals surface area contributed by atoms with Crippen molar-refractivity contribution >= 4 is 34.4 Å². The lowest BCUT2D eigenvalue weighted by Crippen LogP contribution is -2.45. The SMILES string of the molecule is C=CC(=O)NC1CNCC1Nc1ncc2cc(-c3c(Cl)c(OC)cc(OC)c3CC)[nH]c(=O)c2n1. The summed E-state index contributed by atoms with van der Waals surface area (Å²) in [6, 6.07) is 3.19. The first-order valence-corrected chi connectivity index (χ1v) is 11.5. The number of benzene rings is 1. The third-order valence-corrected chi connectivity index (χ3v) is 6.36. The van der Waals surface area contributed by atoms with Crippen LogP contribution >= 0.6 is 11.6 Å². The molecular weight excluding hydrogens is 472 g/mol. The number of nitrogens with one attached hydrogen (secondary N) is 4. The van der Waals surface area contributed by atoms with Gasteiger partial charge in [0.25, 0.3) is 5.56 Å². The van der Waals surface area contributed by atoms with Crippen molar-refractivity contribution in [1.82, 2.24) is 25.6 Å². The lowest BCUT2D eigenvalue weighted by Gasteiger charge is -2.20. The quantitative estimate of drug-likeness (QED) is 0.348. The Labute approximate surface area is 207 Å². The molecule has 0 saturated carbocycles. The Kier molecular flexibility index (Phi) is 7.23. The third kappa shape index (κ3) is 4.80. The van der Waals surface area contributed by atoms with E-state index in [-0.39, 0.29) is 35.0 Å². The van der Waals surface area contributed by atoms with Crippen LogP contribution < -0.4 is 31.0 Å². The van der Waals surface area contributed by atoms with Gasteiger partial charge in [-0.1, -0.05) is 25.1 Å². The van der Waals surface area contributed by atoms with Crippen LogP contribution in [0.3, 0.4) is 0 Å². The predicted molar refractivity (Wildman–Crippen MR) is 135 cm³/mol. The first-order chi connectivity index (χ1) is 16.9. The maximum absolute atomic E-state index is 13.1. The average molecular weight is 499 g/mol. The van der Waals surface area contributed by atoms with Gasteiger partial charge in [-0.05, 0) is 18.6 Å². The molecule has 11 heteroatoms. The Bertz CT molecular complexity index is 1340. The van der Waals surface area contributed by atoms with E-state index in [9.17, 15) is 9.59 Å². The molecule has 10 nitrogen and oxygen atoms in total. The van der Waals surface area contributed by atoms with E-state index in [1.165, 1.54) is 13.2 Å². The number of carbonyl (C=O) groups excluding carboxylic acids is 1. The molecule has 1 aliphatic rings. The molecule has 3 aromatic rings. The molecule has 4 N–H and O–H groups in total. The molecule has 1 aromatic carbocycles. The minimum Gasteiger partial charge on any atom is -0.496 e. The van der Waals surface area contributed by atoms with E-state index in [0.717, 1.165) is 5.56 Å². The van der Waals surface area contributed by atoms with Gasteiger partial charge in [0.1, 0.15) is 17.0 Å². The van der Waals surface area contributed by atoms with Crippen molar-refractivity contribution in [3.8, 4) is 22.8 Å². The lowest BCUT2D eigenvalue weighted by atomic mass is 9.99. The highest BCUT2D eigenvalue weighted by molar-refractivity contribution is 6.35. The molecule has 35 heavy (non-hydrogen) atoms. The average Bonchev–Trinajstić information content (AvgIpc) is 3.29. The van der Waals surface area contributed by atoms with Crippen LogP contribution in [0.25, 0.3) is 22.2 Å². The maximum Gasteiger partial charge on any atom is 0.275 e. The molecule has 2 atom stereocenters. The third-order valence-electron chi connectivity index (χ3n) is 5.98. The highest BCUT2D eigenvalue weighted by Crippen LogP contribution is 2.43. The smallest absolute Gasteiger partial charge is 0.275 e. The van der Waals surface area contributed by atoms with Gasteiger partial charge in [0, 0.05) is 41.9 Å². The molecule has 2 aromatic heterocycles. The predicted octanol–water partition coefficient (Wildman–Crippen LogP) is 2.27. The standard InChI is InChI=1S/C24H27ClN6O4/c1-5-13-17(34-3)8-18(35-4)21(25)20(13)14-7-12-9-27-24(31-22(12)23(33)29-14)30-16-11-26-10-15(16)28-19(32)6-2/h6-9,15-16,26H,2,5,10-11H2,1,3-4H3,(H,28,32)(H,29,33)(H,27,30,31). The molecule has 1 fully saturated rings. The molecule has 4 rings (SSSR count). The van der Waals surface area contributed by atoms with Gasteiger partial charge in [-0.25, -0.2) is 9.97 Å². The zero-order valence-electron chi connectivity index (χ0n) is 19.7. The van der Waals surface area contributed by atoms with Crippen LogP contribution in [0.2, 0.25) is 5.02 Å². The minimum absolute atomic E-state index is 0.148. The summed E-state index contributed by atoms with van der Waals surface area (Å²) in [7, 11) is 3.10. The fraction of sp³-hybridized carbons (Fsp3) is 0.333. The Balaban J connectivity index is 1.72. The van der Waals surface area contributed by atoms with E-state index in [1.54, 1.807) is 25.4 Å². The van der Waals surface area contributed by atoms with E-state index in [1.807, 2.05) is 6.92 Å². The van der Waals surface area contributed by atoms with Gasteiger partial charge in [-0.15, -0.1) is 0 Å². The van der Waals surface area contributed by atoms with Crippen LogP contribution in [-0.4, -0.2) is 60.3 Å². The summed E-state index contributed by atoms with van der Waals surface area (Å²) in [5, 5.41) is 10.2. The molecule has 184 valence electrons. The summed E-state index contributed by atoms with van der Waals surface area (Å²) in [6.45, 7) is 6.66. The number of rotatable bonds is 8. The summed E-state index contributed by atoms with van der Waals surface area (Å²) in [5.74, 6) is 1.09. The van der Waals surface area contributed by atoms with E-state index in [0.29, 0.717) is 52.7 Å². The summed E-state index contributed by atoms with van der Waals surface area (Å²) in [4.78, 5) is 36.5. The number of methoxy groups -OCH3 is 2. The van der Waals surface area contributed by atoms with E-state index in [2.05, 4.69) is 37.5 Å². The van der Waals surface area contributed by atoms with Crippen LogP contribution in [0.4, 0.5) is 5.95 Å². The van der Waals surface area contributed by atoms with Crippen molar-refractivity contribution in [2.24, 2.45) is 0 Å². The maximum atomic E-state index is 13.1. The summed E-state index contributed by atoms with van der Waals surface area (Å²) >= 11 is 6.65. The number of H-pyrrole nitrogens is 1. The van der Waals surface area contributed by atoms with Crippen molar-refractivity contribution in [3.05, 3.63) is 51.9 Å². The van der Waals surface area contributed by atoms with Gasteiger partial charge in [0.05, 0.1) is 37.0 Å². The van der Waals surface area contributed by atoms with Gasteiger partial charge in [-0.2, -0.15) is 0 Å². The van der Waals surface area contributed by atoms with Crippen molar-refractivity contribution in [3.63, 3.8) is 0 Å². The molecule has 2 unspecified atom stereocenters. The number of ether oxygens (including phenoxy) is 2. The van der Waals surface area contributed by atoms with Crippen LogP contribution in [0.1, 0.15) is 12.5 Å². The zero-order chi connectivity index (χ0) is 25.1. The van der Waals surface area contributed by atoms with Gasteiger partial charge in [-0.3, -0.25) is 9.59 Å². The van der Waals surface area contributed by atoms with Gasteiger partial charge in [0.2, 0.25) is 11.9 Å².